The highest BCUT2D eigenvalue weighted by atomic mass is 15.4. The normalized spacial score (nSPS) is 12.8. The number of hydrogen-bond donors (Lipinski definition) is 0. The van der Waals surface area contributed by atoms with E-state index in [0.29, 0.717) is 11.8 Å². The summed E-state index contributed by atoms with van der Waals surface area (Å²) >= 11 is 0. The summed E-state index contributed by atoms with van der Waals surface area (Å²) in [4.78, 5) is 4.88. The third-order valence-corrected chi connectivity index (χ3v) is 6.55. The number of aromatic nitrogens is 3. The number of nitrogens with zero attached hydrogens (tertiary/aromatic N) is 3. The average Bonchev–Trinajstić information content (AvgIpc) is 3.31. The van der Waals surface area contributed by atoms with Gasteiger partial charge in [-0.3, -0.25) is 0 Å². The molecule has 4 rings (SSSR count). The van der Waals surface area contributed by atoms with Crippen LogP contribution in [0.5, 0.6) is 0 Å². The van der Waals surface area contributed by atoms with E-state index in [1.807, 2.05) is 0 Å². The van der Waals surface area contributed by atoms with E-state index in [1.165, 1.54) is 11.1 Å². The van der Waals surface area contributed by atoms with Crippen molar-refractivity contribution >= 4 is 5.57 Å². The minimum Gasteiger partial charge on any atom is -0.226 e. The SMILES string of the molecule is C/C(=C(\c1ncnn1C(c1ccccc1)(c1ccccc1)c1ccccc1)C(C)C)C(C)C. The van der Waals surface area contributed by atoms with E-state index in [4.69, 9.17) is 10.1 Å². The molecule has 0 aliphatic heterocycles. The van der Waals surface area contributed by atoms with Crippen LogP contribution in [0.3, 0.4) is 0 Å². The fourth-order valence-corrected chi connectivity index (χ4v) is 4.78. The van der Waals surface area contributed by atoms with Crippen molar-refractivity contribution in [3.8, 4) is 0 Å². The van der Waals surface area contributed by atoms with E-state index in [9.17, 15) is 0 Å². The molecule has 33 heavy (non-hydrogen) atoms. The van der Waals surface area contributed by atoms with E-state index >= 15 is 0 Å². The standard InChI is InChI=1S/C30H33N3/c1-22(2)24(5)28(23(3)4)29-31-21-32-33(29)30(25-15-9-6-10-16-25,26-17-11-7-12-18-26)27-19-13-8-14-20-27/h6-23H,1-5H3/b28-24+. The summed E-state index contributed by atoms with van der Waals surface area (Å²) in [5, 5.41) is 4.93. The molecule has 0 N–H and O–H groups in total. The molecule has 0 aliphatic carbocycles. The van der Waals surface area contributed by atoms with Gasteiger partial charge in [0.05, 0.1) is 0 Å². The maximum absolute atomic E-state index is 4.93. The van der Waals surface area contributed by atoms with Gasteiger partial charge in [-0.1, -0.05) is 124 Å². The van der Waals surface area contributed by atoms with E-state index in [2.05, 4.69) is 130 Å². The van der Waals surface area contributed by atoms with Gasteiger partial charge in [0, 0.05) is 0 Å². The predicted molar refractivity (Wildman–Crippen MR) is 137 cm³/mol. The first-order valence-electron chi connectivity index (χ1n) is 11.8. The molecule has 1 heterocycles. The van der Waals surface area contributed by atoms with E-state index in [1.54, 1.807) is 6.33 Å². The summed E-state index contributed by atoms with van der Waals surface area (Å²) < 4.78 is 2.15. The first-order chi connectivity index (χ1) is 16.0. The Morgan fingerprint density at radius 1 is 0.667 bits per heavy atom. The zero-order chi connectivity index (χ0) is 23.4. The third-order valence-electron chi connectivity index (χ3n) is 6.55. The number of hydrogen-bond acceptors (Lipinski definition) is 2. The lowest BCUT2D eigenvalue weighted by Crippen LogP contribution is -2.40. The molecule has 0 saturated heterocycles. The molecule has 0 unspecified atom stereocenters. The number of rotatable bonds is 7. The van der Waals surface area contributed by atoms with Gasteiger partial charge >= 0.3 is 0 Å². The van der Waals surface area contributed by atoms with Crippen molar-refractivity contribution in [2.24, 2.45) is 11.8 Å². The van der Waals surface area contributed by atoms with Crippen LogP contribution in [-0.2, 0) is 5.54 Å². The Labute approximate surface area is 197 Å². The minimum absolute atomic E-state index is 0.315. The Hall–Kier alpha value is -3.46. The van der Waals surface area contributed by atoms with Crippen molar-refractivity contribution in [3.05, 3.63) is 125 Å². The third kappa shape index (κ3) is 4.04. The van der Waals surface area contributed by atoms with Gasteiger partial charge in [-0.05, 0) is 41.0 Å². The van der Waals surface area contributed by atoms with Gasteiger partial charge in [0.15, 0.2) is 5.82 Å². The first-order valence-corrected chi connectivity index (χ1v) is 11.8. The van der Waals surface area contributed by atoms with Crippen LogP contribution in [0.1, 0.15) is 57.1 Å². The van der Waals surface area contributed by atoms with E-state index in [-0.39, 0.29) is 0 Å². The smallest absolute Gasteiger partial charge is 0.155 e. The van der Waals surface area contributed by atoms with Gasteiger partial charge in [-0.15, -0.1) is 0 Å². The van der Waals surface area contributed by atoms with E-state index < -0.39 is 5.54 Å². The predicted octanol–water partition coefficient (Wildman–Crippen LogP) is 7.20. The fraction of sp³-hybridized carbons (Fsp3) is 0.267. The molecule has 3 aromatic carbocycles. The van der Waals surface area contributed by atoms with Gasteiger partial charge < -0.3 is 0 Å². The summed E-state index contributed by atoms with van der Waals surface area (Å²) in [5.41, 5.74) is 5.41. The molecule has 0 spiro atoms. The van der Waals surface area contributed by atoms with Crippen molar-refractivity contribution in [2.45, 2.75) is 40.2 Å². The molecule has 3 heteroatoms. The lowest BCUT2D eigenvalue weighted by Gasteiger charge is -2.37. The lowest BCUT2D eigenvalue weighted by molar-refractivity contribution is 0.451. The fourth-order valence-electron chi connectivity index (χ4n) is 4.78. The molecule has 0 fully saturated rings. The topological polar surface area (TPSA) is 30.7 Å². The summed E-state index contributed by atoms with van der Waals surface area (Å²) in [6, 6.07) is 32.0. The molecular formula is C30H33N3. The first kappa shape index (κ1) is 22.7. The van der Waals surface area contributed by atoms with Crippen LogP contribution < -0.4 is 0 Å². The van der Waals surface area contributed by atoms with Crippen LogP contribution in [0, 0.1) is 11.8 Å². The monoisotopic (exact) mass is 435 g/mol. The molecule has 168 valence electrons. The highest BCUT2D eigenvalue weighted by Gasteiger charge is 2.41. The summed E-state index contributed by atoms with van der Waals surface area (Å²) in [7, 11) is 0. The van der Waals surface area contributed by atoms with Gasteiger partial charge in [-0.2, -0.15) is 5.10 Å². The van der Waals surface area contributed by atoms with Crippen molar-refractivity contribution in [3.63, 3.8) is 0 Å². The van der Waals surface area contributed by atoms with Gasteiger partial charge in [0.1, 0.15) is 11.9 Å². The van der Waals surface area contributed by atoms with Crippen LogP contribution in [0.25, 0.3) is 5.57 Å². The summed E-state index contributed by atoms with van der Waals surface area (Å²) in [6.07, 6.45) is 1.70. The summed E-state index contributed by atoms with van der Waals surface area (Å²) in [6.45, 7) is 11.2. The van der Waals surface area contributed by atoms with Crippen LogP contribution in [0.2, 0.25) is 0 Å². The molecule has 0 radical (unpaired) electrons. The van der Waals surface area contributed by atoms with Crippen molar-refractivity contribution in [1.82, 2.24) is 14.8 Å². The molecule has 0 amide bonds. The molecule has 4 aromatic rings. The summed E-state index contributed by atoms with van der Waals surface area (Å²) in [5.74, 6) is 1.66. The van der Waals surface area contributed by atoms with Crippen molar-refractivity contribution < 1.29 is 0 Å². The second-order valence-corrected chi connectivity index (χ2v) is 9.21. The molecule has 0 aliphatic rings. The van der Waals surface area contributed by atoms with Gasteiger partial charge in [0.2, 0.25) is 0 Å². The number of allylic oxidation sites excluding steroid dienone is 2. The Kier molecular flexibility index (Phi) is 6.60. The molecular weight excluding hydrogens is 402 g/mol. The average molecular weight is 436 g/mol. The highest BCUT2D eigenvalue weighted by molar-refractivity contribution is 5.66. The van der Waals surface area contributed by atoms with Crippen LogP contribution in [0.4, 0.5) is 0 Å². The maximum Gasteiger partial charge on any atom is 0.155 e. The largest absolute Gasteiger partial charge is 0.226 e. The molecule has 0 bridgehead atoms. The zero-order valence-corrected chi connectivity index (χ0v) is 20.2. The Morgan fingerprint density at radius 3 is 1.45 bits per heavy atom. The molecule has 0 saturated carbocycles. The number of benzene rings is 3. The van der Waals surface area contributed by atoms with Crippen molar-refractivity contribution in [2.75, 3.05) is 0 Å². The molecule has 0 atom stereocenters. The van der Waals surface area contributed by atoms with Crippen LogP contribution in [-0.4, -0.2) is 14.8 Å². The molecule has 3 nitrogen and oxygen atoms in total. The second kappa shape index (κ2) is 9.58. The zero-order valence-electron chi connectivity index (χ0n) is 20.2. The van der Waals surface area contributed by atoms with E-state index in [0.717, 1.165) is 22.5 Å². The van der Waals surface area contributed by atoms with Crippen LogP contribution >= 0.6 is 0 Å². The van der Waals surface area contributed by atoms with Gasteiger partial charge in [0.25, 0.3) is 0 Å². The lowest BCUT2D eigenvalue weighted by atomic mass is 9.76. The maximum atomic E-state index is 4.93. The second-order valence-electron chi connectivity index (χ2n) is 9.21. The quantitative estimate of drug-likeness (QED) is 0.287. The minimum atomic E-state index is -0.660. The Morgan fingerprint density at radius 2 is 1.09 bits per heavy atom. The molecule has 1 aromatic heterocycles. The Bertz CT molecular complexity index is 1110. The van der Waals surface area contributed by atoms with Crippen molar-refractivity contribution in [1.29, 1.82) is 0 Å². The van der Waals surface area contributed by atoms with Gasteiger partial charge in [-0.25, -0.2) is 9.67 Å². The highest BCUT2D eigenvalue weighted by Crippen LogP contribution is 2.42. The Balaban J connectivity index is 2.16. The van der Waals surface area contributed by atoms with Crippen LogP contribution in [0.15, 0.2) is 103 Å².